The zero-order valence-corrected chi connectivity index (χ0v) is 20.8. The molecular formula is C26H35ClN2O4. The minimum absolute atomic E-state index is 0.233. The number of carbonyl (C=O) groups excluding carboxylic acids is 1. The van der Waals surface area contributed by atoms with Crippen LogP contribution in [0.1, 0.15) is 51.2 Å². The highest BCUT2D eigenvalue weighted by Crippen LogP contribution is 2.39. The lowest BCUT2D eigenvalue weighted by atomic mass is 9.96. The van der Waals surface area contributed by atoms with E-state index in [-0.39, 0.29) is 17.6 Å². The zero-order chi connectivity index (χ0) is 24.2. The number of hydrogen-bond acceptors (Lipinski definition) is 5. The first-order valence-electron chi connectivity index (χ1n) is 11.6. The van der Waals surface area contributed by atoms with Gasteiger partial charge in [-0.1, -0.05) is 41.4 Å². The Morgan fingerprint density at radius 1 is 1.12 bits per heavy atom. The second-order valence-electron chi connectivity index (χ2n) is 9.60. The van der Waals surface area contributed by atoms with E-state index in [2.05, 4.69) is 5.32 Å². The molecule has 0 saturated carbocycles. The van der Waals surface area contributed by atoms with Crippen LogP contribution in [0, 0.1) is 6.92 Å². The Hall–Kier alpha value is -2.44. The third kappa shape index (κ3) is 6.33. The number of fused-ring (bicyclic) bond motifs is 1. The van der Waals surface area contributed by atoms with Crippen molar-refractivity contribution in [3.05, 3.63) is 46.0 Å². The van der Waals surface area contributed by atoms with Crippen molar-refractivity contribution < 1.29 is 19.7 Å². The molecule has 0 atom stereocenters. The Morgan fingerprint density at radius 2 is 1.73 bits per heavy atom. The van der Waals surface area contributed by atoms with E-state index >= 15 is 0 Å². The standard InChI is InChI=1S/C26H35ClN2O4/c1-17-19(24(31)21-9-6-5-8-20(21)23(17)30)10-7-13-28-16-22(27)18-11-14-29(15-12-18)25(32)33-26(2,3)4/h5-6,8-9,28,30-31H,7,10-16H2,1-4H3. The highest BCUT2D eigenvalue weighted by atomic mass is 35.5. The number of rotatable bonds is 6. The molecule has 1 fully saturated rings. The number of piperidine rings is 1. The largest absolute Gasteiger partial charge is 0.507 e. The molecule has 6 nitrogen and oxygen atoms in total. The number of nitrogens with one attached hydrogen (secondary N) is 1. The quantitative estimate of drug-likeness (QED) is 0.374. The predicted octanol–water partition coefficient (Wildman–Crippen LogP) is 5.61. The average molecular weight is 475 g/mol. The lowest BCUT2D eigenvalue weighted by Crippen LogP contribution is -2.40. The van der Waals surface area contributed by atoms with E-state index in [1.54, 1.807) is 4.90 Å². The number of carbonyl (C=O) groups is 1. The van der Waals surface area contributed by atoms with E-state index in [9.17, 15) is 15.0 Å². The molecule has 0 spiro atoms. The minimum atomic E-state index is -0.490. The van der Waals surface area contributed by atoms with E-state index < -0.39 is 5.60 Å². The molecule has 1 aliphatic rings. The Labute approximate surface area is 201 Å². The van der Waals surface area contributed by atoms with Gasteiger partial charge < -0.3 is 25.2 Å². The minimum Gasteiger partial charge on any atom is -0.507 e. The number of halogens is 1. The summed E-state index contributed by atoms with van der Waals surface area (Å²) >= 11 is 6.54. The molecule has 33 heavy (non-hydrogen) atoms. The summed E-state index contributed by atoms with van der Waals surface area (Å²) in [4.78, 5) is 13.9. The monoisotopic (exact) mass is 474 g/mol. The molecule has 0 aromatic heterocycles. The van der Waals surface area contributed by atoms with Crippen molar-refractivity contribution in [2.75, 3.05) is 26.2 Å². The molecule has 7 heteroatoms. The van der Waals surface area contributed by atoms with Gasteiger partial charge in [0.2, 0.25) is 0 Å². The summed E-state index contributed by atoms with van der Waals surface area (Å²) in [7, 11) is 0. The van der Waals surface area contributed by atoms with Crippen molar-refractivity contribution in [2.45, 2.75) is 59.0 Å². The highest BCUT2D eigenvalue weighted by molar-refractivity contribution is 6.30. The molecule has 2 aromatic carbocycles. The Balaban J connectivity index is 1.47. The number of hydrogen-bond donors (Lipinski definition) is 3. The van der Waals surface area contributed by atoms with Crippen molar-refractivity contribution in [1.29, 1.82) is 0 Å². The first kappa shape index (κ1) is 25.2. The molecule has 3 rings (SSSR count). The molecule has 1 amide bonds. The van der Waals surface area contributed by atoms with Gasteiger partial charge in [0.25, 0.3) is 0 Å². The third-order valence-corrected chi connectivity index (χ3v) is 6.39. The van der Waals surface area contributed by atoms with E-state index in [0.29, 0.717) is 36.8 Å². The average Bonchev–Trinajstić information content (AvgIpc) is 2.78. The Morgan fingerprint density at radius 3 is 2.33 bits per heavy atom. The first-order chi connectivity index (χ1) is 15.6. The zero-order valence-electron chi connectivity index (χ0n) is 20.0. The predicted molar refractivity (Wildman–Crippen MR) is 133 cm³/mol. The van der Waals surface area contributed by atoms with Crippen molar-refractivity contribution in [2.24, 2.45) is 0 Å². The van der Waals surface area contributed by atoms with Gasteiger partial charge in [-0.25, -0.2) is 4.79 Å². The Bertz CT molecular complexity index is 1030. The van der Waals surface area contributed by atoms with Crippen LogP contribution in [0.2, 0.25) is 0 Å². The number of nitrogens with zero attached hydrogens (tertiary/aromatic N) is 1. The van der Waals surface area contributed by atoms with Gasteiger partial charge in [-0.2, -0.15) is 0 Å². The first-order valence-corrected chi connectivity index (χ1v) is 11.9. The molecule has 1 saturated heterocycles. The van der Waals surface area contributed by atoms with Crippen LogP contribution in [-0.4, -0.2) is 53.0 Å². The van der Waals surface area contributed by atoms with E-state index in [1.807, 2.05) is 52.0 Å². The van der Waals surface area contributed by atoms with Gasteiger partial charge in [0.05, 0.1) is 0 Å². The van der Waals surface area contributed by atoms with Crippen molar-refractivity contribution in [3.8, 4) is 11.5 Å². The van der Waals surface area contributed by atoms with Gasteiger partial charge >= 0.3 is 6.09 Å². The maximum atomic E-state index is 12.2. The summed E-state index contributed by atoms with van der Waals surface area (Å²) in [6.07, 6.45) is 2.70. The van der Waals surface area contributed by atoms with E-state index in [4.69, 9.17) is 16.3 Å². The molecule has 0 aliphatic carbocycles. The molecule has 1 aliphatic heterocycles. The second-order valence-corrected chi connectivity index (χ2v) is 10.1. The van der Waals surface area contributed by atoms with Gasteiger partial charge in [-0.15, -0.1) is 0 Å². The van der Waals surface area contributed by atoms with Crippen LogP contribution in [0.15, 0.2) is 34.9 Å². The summed E-state index contributed by atoms with van der Waals surface area (Å²) < 4.78 is 5.44. The lowest BCUT2D eigenvalue weighted by molar-refractivity contribution is 0.0236. The van der Waals surface area contributed by atoms with Crippen LogP contribution in [0.5, 0.6) is 11.5 Å². The van der Waals surface area contributed by atoms with Crippen LogP contribution < -0.4 is 5.32 Å². The van der Waals surface area contributed by atoms with Crippen LogP contribution >= 0.6 is 11.6 Å². The highest BCUT2D eigenvalue weighted by Gasteiger charge is 2.25. The SMILES string of the molecule is Cc1c(CCCNCC(Cl)=C2CCN(C(=O)OC(C)(C)C)CC2)c(O)c2ccccc2c1O. The maximum absolute atomic E-state index is 12.2. The molecule has 0 bridgehead atoms. The van der Waals surface area contributed by atoms with Crippen LogP contribution in [-0.2, 0) is 11.2 Å². The van der Waals surface area contributed by atoms with Gasteiger partial charge in [0.15, 0.2) is 0 Å². The summed E-state index contributed by atoms with van der Waals surface area (Å²) in [5, 5.41) is 26.7. The second kappa shape index (κ2) is 10.7. The fourth-order valence-electron chi connectivity index (χ4n) is 4.16. The smallest absolute Gasteiger partial charge is 0.410 e. The van der Waals surface area contributed by atoms with Crippen LogP contribution in [0.25, 0.3) is 10.8 Å². The van der Waals surface area contributed by atoms with E-state index in [0.717, 1.165) is 42.0 Å². The maximum Gasteiger partial charge on any atom is 0.410 e. The fourth-order valence-corrected chi connectivity index (χ4v) is 4.44. The van der Waals surface area contributed by atoms with Gasteiger partial charge in [0.1, 0.15) is 17.1 Å². The topological polar surface area (TPSA) is 82.0 Å². The van der Waals surface area contributed by atoms with Crippen molar-refractivity contribution >= 4 is 28.5 Å². The van der Waals surface area contributed by atoms with Gasteiger partial charge in [0, 0.05) is 41.0 Å². The summed E-state index contributed by atoms with van der Waals surface area (Å²) in [6.45, 7) is 10.00. The number of phenols is 2. The fraction of sp³-hybridized carbons (Fsp3) is 0.500. The molecule has 0 radical (unpaired) electrons. The van der Waals surface area contributed by atoms with Gasteiger partial charge in [-0.3, -0.25) is 0 Å². The molecule has 180 valence electrons. The number of aromatic hydroxyl groups is 2. The normalized spacial score (nSPS) is 14.6. The van der Waals surface area contributed by atoms with Crippen LogP contribution in [0.4, 0.5) is 4.79 Å². The molecular weight excluding hydrogens is 440 g/mol. The van der Waals surface area contributed by atoms with Crippen molar-refractivity contribution in [3.63, 3.8) is 0 Å². The van der Waals surface area contributed by atoms with Crippen LogP contribution in [0.3, 0.4) is 0 Å². The lowest BCUT2D eigenvalue weighted by Gasteiger charge is -2.31. The number of phenolic OH excluding ortho intramolecular Hbond substituents is 2. The summed E-state index contributed by atoms with van der Waals surface area (Å²) in [5.41, 5.74) is 2.20. The molecule has 0 unspecified atom stereocenters. The summed E-state index contributed by atoms with van der Waals surface area (Å²) in [6, 6.07) is 7.35. The Kier molecular flexibility index (Phi) is 8.14. The number of benzene rings is 2. The van der Waals surface area contributed by atoms with Gasteiger partial charge in [-0.05, 0) is 65.5 Å². The van der Waals surface area contributed by atoms with Crippen molar-refractivity contribution in [1.82, 2.24) is 10.2 Å². The molecule has 2 aromatic rings. The summed E-state index contributed by atoms with van der Waals surface area (Å²) in [5.74, 6) is 0.481. The third-order valence-electron chi connectivity index (χ3n) is 5.99. The van der Waals surface area contributed by atoms with E-state index in [1.165, 1.54) is 5.57 Å². The molecule has 3 N–H and O–H groups in total. The number of likely N-dealkylation sites (tertiary alicyclic amines) is 1. The number of amides is 1. The number of ether oxygens (including phenoxy) is 1. The molecule has 1 heterocycles.